The smallest absolute Gasteiger partial charge is 0.265 e. The molecule has 1 aliphatic heterocycles. The summed E-state index contributed by atoms with van der Waals surface area (Å²) in [5, 5.41) is 5.60. The van der Waals surface area contributed by atoms with Crippen LogP contribution in [0.5, 0.6) is 11.6 Å². The number of carbonyl (C=O) groups is 2. The number of benzene rings is 1. The molecule has 0 bridgehead atoms. The maximum absolute atomic E-state index is 12.5. The number of hydrogen-bond acceptors (Lipinski definition) is 5. The Bertz CT molecular complexity index is 1020. The van der Waals surface area contributed by atoms with E-state index >= 15 is 0 Å². The normalized spacial score (nSPS) is 12.3. The van der Waals surface area contributed by atoms with Crippen LogP contribution in [0, 0.1) is 13.8 Å². The Labute approximate surface area is 153 Å². The molecule has 0 spiro atoms. The number of anilines is 2. The third-order valence-corrected chi connectivity index (χ3v) is 5.25. The topological polar surface area (TPSA) is 80.3 Å². The zero-order valence-corrected chi connectivity index (χ0v) is 14.9. The lowest BCUT2D eigenvalue weighted by Gasteiger charge is -2.09. The summed E-state index contributed by atoms with van der Waals surface area (Å²) < 4.78 is 5.73. The Morgan fingerprint density at radius 3 is 2.85 bits per heavy atom. The molecule has 2 amide bonds. The molecular formula is C19H15N3O3S. The second-order valence-electron chi connectivity index (χ2n) is 5.93. The summed E-state index contributed by atoms with van der Waals surface area (Å²) in [4.78, 5) is 30.8. The lowest BCUT2D eigenvalue weighted by atomic mass is 10.1. The number of rotatable bonds is 2. The molecule has 0 aliphatic carbocycles. The average molecular weight is 365 g/mol. The second-order valence-corrected chi connectivity index (χ2v) is 7.18. The van der Waals surface area contributed by atoms with Crippen LogP contribution in [0.3, 0.4) is 0 Å². The highest BCUT2D eigenvalue weighted by Crippen LogP contribution is 2.35. The van der Waals surface area contributed by atoms with Crippen LogP contribution in [0.4, 0.5) is 11.4 Å². The van der Waals surface area contributed by atoms with Gasteiger partial charge < -0.3 is 15.4 Å². The number of aromatic nitrogens is 1. The van der Waals surface area contributed by atoms with Gasteiger partial charge in [0, 0.05) is 16.8 Å². The summed E-state index contributed by atoms with van der Waals surface area (Å²) in [6.45, 7) is 3.95. The highest BCUT2D eigenvalue weighted by atomic mass is 32.1. The van der Waals surface area contributed by atoms with Gasteiger partial charge in [-0.1, -0.05) is 0 Å². The quantitative estimate of drug-likeness (QED) is 0.707. The Hall–Kier alpha value is -3.19. The summed E-state index contributed by atoms with van der Waals surface area (Å²) in [5.41, 5.74) is 2.44. The van der Waals surface area contributed by atoms with Gasteiger partial charge in [-0.25, -0.2) is 4.98 Å². The summed E-state index contributed by atoms with van der Waals surface area (Å²) in [6.07, 6.45) is 1.59. The Morgan fingerprint density at radius 1 is 1.23 bits per heavy atom. The zero-order valence-electron chi connectivity index (χ0n) is 14.1. The first-order valence-corrected chi connectivity index (χ1v) is 8.79. The van der Waals surface area contributed by atoms with E-state index in [0.717, 1.165) is 10.4 Å². The number of amides is 2. The molecule has 0 radical (unpaired) electrons. The van der Waals surface area contributed by atoms with E-state index in [1.165, 1.54) is 11.3 Å². The van der Waals surface area contributed by atoms with Crippen LogP contribution in [0.1, 0.15) is 30.5 Å². The van der Waals surface area contributed by atoms with Crippen LogP contribution in [-0.2, 0) is 0 Å². The second kappa shape index (κ2) is 6.27. The summed E-state index contributed by atoms with van der Waals surface area (Å²) in [6, 6.07) is 10.2. The lowest BCUT2D eigenvalue weighted by molar-refractivity contribution is 0.101. The number of pyridine rings is 1. The van der Waals surface area contributed by atoms with Crippen LogP contribution in [-0.4, -0.2) is 16.8 Å². The molecule has 0 atom stereocenters. The first-order valence-electron chi connectivity index (χ1n) is 7.98. The van der Waals surface area contributed by atoms with Crippen molar-refractivity contribution in [2.75, 3.05) is 10.6 Å². The van der Waals surface area contributed by atoms with Crippen molar-refractivity contribution >= 4 is 34.5 Å². The molecule has 130 valence electrons. The number of carbonyl (C=O) groups excluding carboxylic acids is 2. The van der Waals surface area contributed by atoms with Gasteiger partial charge in [0.2, 0.25) is 5.88 Å². The van der Waals surface area contributed by atoms with E-state index in [1.807, 2.05) is 19.9 Å². The molecule has 1 aromatic carbocycles. The van der Waals surface area contributed by atoms with E-state index in [9.17, 15) is 9.59 Å². The molecule has 3 aromatic rings. The molecule has 26 heavy (non-hydrogen) atoms. The fourth-order valence-corrected chi connectivity index (χ4v) is 3.54. The van der Waals surface area contributed by atoms with Crippen molar-refractivity contribution in [3.8, 4) is 11.6 Å². The van der Waals surface area contributed by atoms with Gasteiger partial charge >= 0.3 is 0 Å². The third-order valence-electron chi connectivity index (χ3n) is 4.10. The van der Waals surface area contributed by atoms with Crippen LogP contribution in [0.25, 0.3) is 0 Å². The van der Waals surface area contributed by atoms with E-state index in [-0.39, 0.29) is 11.8 Å². The number of ether oxygens (including phenoxy) is 1. The monoisotopic (exact) mass is 365 g/mol. The van der Waals surface area contributed by atoms with Gasteiger partial charge in [-0.3, -0.25) is 9.59 Å². The molecule has 0 fully saturated rings. The molecule has 3 heterocycles. The van der Waals surface area contributed by atoms with Crippen LogP contribution < -0.4 is 15.4 Å². The third kappa shape index (κ3) is 2.93. The molecule has 2 aromatic heterocycles. The van der Waals surface area contributed by atoms with Gasteiger partial charge in [-0.15, -0.1) is 11.3 Å². The fourth-order valence-electron chi connectivity index (χ4n) is 2.61. The molecular weight excluding hydrogens is 350 g/mol. The molecule has 2 N–H and O–H groups in total. The molecule has 6 nitrogen and oxygen atoms in total. The number of fused-ring (bicyclic) bond motifs is 2. The first-order chi connectivity index (χ1) is 12.5. The van der Waals surface area contributed by atoms with E-state index in [1.54, 1.807) is 36.5 Å². The maximum atomic E-state index is 12.5. The minimum absolute atomic E-state index is 0.203. The van der Waals surface area contributed by atoms with E-state index < -0.39 is 0 Å². The molecule has 0 saturated heterocycles. The first kappa shape index (κ1) is 16.3. The zero-order chi connectivity index (χ0) is 18.3. The van der Waals surface area contributed by atoms with Crippen molar-refractivity contribution in [3.63, 3.8) is 0 Å². The predicted molar refractivity (Wildman–Crippen MR) is 100 cm³/mol. The number of nitrogens with zero attached hydrogens (tertiary/aromatic N) is 1. The standard InChI is InChI=1S/C19H15N3O3S/c1-10-8-16(26-11(10)2)18(24)21-12-5-6-15-13(9-12)17(23)22-14-4-3-7-20-19(14)25-15/h3-9H,1-2H3,(H,21,24)(H,22,23). The molecule has 0 unspecified atom stereocenters. The number of thiophene rings is 1. The highest BCUT2D eigenvalue weighted by molar-refractivity contribution is 7.14. The lowest BCUT2D eigenvalue weighted by Crippen LogP contribution is -2.13. The Kier molecular flexibility index (Phi) is 3.93. The molecule has 4 rings (SSSR count). The molecule has 1 aliphatic rings. The van der Waals surface area contributed by atoms with E-state index in [0.29, 0.717) is 33.4 Å². The van der Waals surface area contributed by atoms with E-state index in [4.69, 9.17) is 4.74 Å². The fraction of sp³-hybridized carbons (Fsp3) is 0.105. The maximum Gasteiger partial charge on any atom is 0.265 e. The average Bonchev–Trinajstić information content (AvgIpc) is 2.89. The minimum Gasteiger partial charge on any atom is -0.436 e. The number of hydrogen-bond donors (Lipinski definition) is 2. The van der Waals surface area contributed by atoms with Gasteiger partial charge in [-0.2, -0.15) is 0 Å². The van der Waals surface area contributed by atoms with Crippen molar-refractivity contribution in [2.45, 2.75) is 13.8 Å². The van der Waals surface area contributed by atoms with Gasteiger partial charge in [0.15, 0.2) is 0 Å². The Morgan fingerprint density at radius 2 is 2.08 bits per heavy atom. The molecule has 0 saturated carbocycles. The van der Waals surface area contributed by atoms with Crippen molar-refractivity contribution < 1.29 is 14.3 Å². The number of aryl methyl sites for hydroxylation is 2. The van der Waals surface area contributed by atoms with Gasteiger partial charge in [0.25, 0.3) is 11.8 Å². The van der Waals surface area contributed by atoms with Crippen molar-refractivity contribution in [3.05, 3.63) is 63.5 Å². The summed E-state index contributed by atoms with van der Waals surface area (Å²) in [5.74, 6) is 0.207. The van der Waals surface area contributed by atoms with Crippen molar-refractivity contribution in [1.29, 1.82) is 0 Å². The van der Waals surface area contributed by atoms with Crippen LogP contribution >= 0.6 is 11.3 Å². The summed E-state index contributed by atoms with van der Waals surface area (Å²) in [7, 11) is 0. The largest absolute Gasteiger partial charge is 0.436 e. The molecule has 7 heteroatoms. The van der Waals surface area contributed by atoms with Gasteiger partial charge in [0.05, 0.1) is 10.4 Å². The van der Waals surface area contributed by atoms with E-state index in [2.05, 4.69) is 15.6 Å². The SMILES string of the molecule is Cc1cc(C(=O)Nc2ccc3c(c2)C(=O)Nc2cccnc2O3)sc1C. The van der Waals surface area contributed by atoms with Crippen LogP contribution in [0.2, 0.25) is 0 Å². The Balaban J connectivity index is 1.62. The van der Waals surface area contributed by atoms with Gasteiger partial charge in [0.1, 0.15) is 11.4 Å². The van der Waals surface area contributed by atoms with Crippen LogP contribution in [0.15, 0.2) is 42.6 Å². The van der Waals surface area contributed by atoms with Crippen molar-refractivity contribution in [1.82, 2.24) is 4.98 Å². The minimum atomic E-state index is -0.314. The van der Waals surface area contributed by atoms with Crippen molar-refractivity contribution in [2.24, 2.45) is 0 Å². The van der Waals surface area contributed by atoms with Gasteiger partial charge in [-0.05, 0) is 55.8 Å². The highest BCUT2D eigenvalue weighted by Gasteiger charge is 2.22. The predicted octanol–water partition coefficient (Wildman–Crippen LogP) is 4.37. The number of nitrogens with one attached hydrogen (secondary N) is 2. The summed E-state index contributed by atoms with van der Waals surface area (Å²) >= 11 is 1.44.